The molecule has 1 heterocycles. The molecule has 5 nitrogen and oxygen atoms in total. The van der Waals surface area contributed by atoms with E-state index in [1.165, 1.54) is 11.3 Å². The molecule has 0 aliphatic rings. The number of hydrogen-bond acceptors (Lipinski definition) is 6. The summed E-state index contributed by atoms with van der Waals surface area (Å²) < 4.78 is 11.4. The Morgan fingerprint density at radius 3 is 2.66 bits per heavy atom. The lowest BCUT2D eigenvalue weighted by atomic mass is 10.1. The number of nitrogens with zero attached hydrogens (tertiary/aromatic N) is 2. The molecule has 4 rings (SSSR count). The molecule has 0 spiro atoms. The number of halogens is 1. The molecule has 0 fully saturated rings. The molecule has 0 unspecified atom stereocenters. The predicted molar refractivity (Wildman–Crippen MR) is 132 cm³/mol. The smallest absolute Gasteiger partial charge is 0.203 e. The molecule has 0 aliphatic heterocycles. The molecular weight excluding hydrogens is 442 g/mol. The molecule has 1 N–H and O–H groups in total. The SMILES string of the molecule is COc1ccc(C=NNc2nc(-c3ccccc3)cs2)cc1COc1ccc(C)cc1Cl. The second-order valence-electron chi connectivity index (χ2n) is 7.07. The van der Waals surface area contributed by atoms with E-state index in [0.717, 1.165) is 38.8 Å². The number of rotatable bonds is 8. The largest absolute Gasteiger partial charge is 0.496 e. The van der Waals surface area contributed by atoms with Gasteiger partial charge in [-0.05, 0) is 48.4 Å². The van der Waals surface area contributed by atoms with Gasteiger partial charge in [0.25, 0.3) is 0 Å². The maximum atomic E-state index is 6.28. The van der Waals surface area contributed by atoms with Crippen LogP contribution in [0.4, 0.5) is 5.13 Å². The van der Waals surface area contributed by atoms with E-state index in [1.54, 1.807) is 13.3 Å². The zero-order chi connectivity index (χ0) is 22.3. The van der Waals surface area contributed by atoms with E-state index in [2.05, 4.69) is 15.5 Å². The first-order valence-corrected chi connectivity index (χ1v) is 11.2. The van der Waals surface area contributed by atoms with Crippen LogP contribution < -0.4 is 14.9 Å². The molecule has 162 valence electrons. The van der Waals surface area contributed by atoms with Crippen molar-refractivity contribution < 1.29 is 9.47 Å². The van der Waals surface area contributed by atoms with Gasteiger partial charge in [0.05, 0.1) is 24.0 Å². The lowest BCUT2D eigenvalue weighted by molar-refractivity contribution is 0.297. The van der Waals surface area contributed by atoms with Crippen molar-refractivity contribution in [3.63, 3.8) is 0 Å². The highest BCUT2D eigenvalue weighted by molar-refractivity contribution is 7.14. The van der Waals surface area contributed by atoms with E-state index in [0.29, 0.717) is 17.4 Å². The lowest BCUT2D eigenvalue weighted by Gasteiger charge is -2.12. The number of hydrogen-bond donors (Lipinski definition) is 1. The van der Waals surface area contributed by atoms with Gasteiger partial charge in [-0.15, -0.1) is 11.3 Å². The molecular formula is C25H22ClN3O2S. The van der Waals surface area contributed by atoms with Gasteiger partial charge in [-0.3, -0.25) is 5.43 Å². The Morgan fingerprint density at radius 2 is 1.88 bits per heavy atom. The summed E-state index contributed by atoms with van der Waals surface area (Å²) in [6.45, 7) is 2.32. The van der Waals surface area contributed by atoms with Crippen molar-refractivity contribution in [2.24, 2.45) is 5.10 Å². The first-order chi connectivity index (χ1) is 15.6. The van der Waals surface area contributed by atoms with Crippen LogP contribution >= 0.6 is 22.9 Å². The summed E-state index contributed by atoms with van der Waals surface area (Å²) in [6, 6.07) is 21.6. The van der Waals surface area contributed by atoms with Crippen LogP contribution in [0.3, 0.4) is 0 Å². The van der Waals surface area contributed by atoms with Gasteiger partial charge in [-0.1, -0.05) is 48.0 Å². The molecule has 0 radical (unpaired) electrons. The maximum Gasteiger partial charge on any atom is 0.203 e. The van der Waals surface area contributed by atoms with Crippen molar-refractivity contribution in [3.05, 3.63) is 93.8 Å². The maximum absolute atomic E-state index is 6.28. The number of nitrogens with one attached hydrogen (secondary N) is 1. The molecule has 0 atom stereocenters. The monoisotopic (exact) mass is 463 g/mol. The molecule has 3 aromatic carbocycles. The molecule has 0 saturated heterocycles. The van der Waals surface area contributed by atoms with Crippen molar-refractivity contribution in [1.29, 1.82) is 0 Å². The van der Waals surface area contributed by atoms with Gasteiger partial charge >= 0.3 is 0 Å². The number of thiazole rings is 1. The van der Waals surface area contributed by atoms with Gasteiger partial charge in [0.2, 0.25) is 5.13 Å². The van der Waals surface area contributed by atoms with Gasteiger partial charge in [0.1, 0.15) is 18.1 Å². The summed E-state index contributed by atoms with van der Waals surface area (Å²) >= 11 is 7.79. The fourth-order valence-corrected chi connectivity index (χ4v) is 4.06. The number of aryl methyl sites for hydroxylation is 1. The average molecular weight is 464 g/mol. The second kappa shape index (κ2) is 10.3. The van der Waals surface area contributed by atoms with Crippen molar-refractivity contribution in [2.45, 2.75) is 13.5 Å². The van der Waals surface area contributed by atoms with Gasteiger partial charge in [-0.25, -0.2) is 4.98 Å². The Morgan fingerprint density at radius 1 is 1.06 bits per heavy atom. The van der Waals surface area contributed by atoms with E-state index >= 15 is 0 Å². The van der Waals surface area contributed by atoms with Crippen LogP contribution in [0.25, 0.3) is 11.3 Å². The molecule has 4 aromatic rings. The zero-order valence-electron chi connectivity index (χ0n) is 17.7. The third-order valence-corrected chi connectivity index (χ3v) is 5.76. The van der Waals surface area contributed by atoms with E-state index in [-0.39, 0.29) is 0 Å². The van der Waals surface area contributed by atoms with Crippen LogP contribution in [0.5, 0.6) is 11.5 Å². The van der Waals surface area contributed by atoms with Crippen LogP contribution in [0, 0.1) is 6.92 Å². The van der Waals surface area contributed by atoms with E-state index in [9.17, 15) is 0 Å². The van der Waals surface area contributed by atoms with Crippen LogP contribution in [0.1, 0.15) is 16.7 Å². The summed E-state index contributed by atoms with van der Waals surface area (Å²) in [6.07, 6.45) is 1.74. The van der Waals surface area contributed by atoms with Crippen LogP contribution in [-0.2, 0) is 6.61 Å². The number of anilines is 1. The van der Waals surface area contributed by atoms with Crippen LogP contribution in [0.2, 0.25) is 5.02 Å². The third kappa shape index (κ3) is 5.46. The fourth-order valence-electron chi connectivity index (χ4n) is 3.10. The highest BCUT2D eigenvalue weighted by Crippen LogP contribution is 2.28. The number of ether oxygens (including phenoxy) is 2. The highest BCUT2D eigenvalue weighted by Gasteiger charge is 2.08. The second-order valence-corrected chi connectivity index (χ2v) is 8.33. The predicted octanol–water partition coefficient (Wildman–Crippen LogP) is 6.81. The minimum atomic E-state index is 0.327. The first kappa shape index (κ1) is 21.9. The first-order valence-electron chi connectivity index (χ1n) is 9.98. The molecule has 0 saturated carbocycles. The Balaban J connectivity index is 1.43. The zero-order valence-corrected chi connectivity index (χ0v) is 19.3. The topological polar surface area (TPSA) is 55.7 Å². The van der Waals surface area contributed by atoms with Gasteiger partial charge in [0, 0.05) is 16.5 Å². The van der Waals surface area contributed by atoms with Gasteiger partial charge < -0.3 is 9.47 Å². The molecule has 1 aromatic heterocycles. The molecule has 0 amide bonds. The number of methoxy groups -OCH3 is 1. The minimum absolute atomic E-state index is 0.327. The minimum Gasteiger partial charge on any atom is -0.496 e. The quantitative estimate of drug-likeness (QED) is 0.230. The van der Waals surface area contributed by atoms with Crippen molar-refractivity contribution >= 4 is 34.3 Å². The fraction of sp³-hybridized carbons (Fsp3) is 0.120. The number of aromatic nitrogens is 1. The van der Waals surface area contributed by atoms with Gasteiger partial charge in [0.15, 0.2) is 0 Å². The van der Waals surface area contributed by atoms with Crippen molar-refractivity contribution in [2.75, 3.05) is 12.5 Å². The van der Waals surface area contributed by atoms with E-state index in [1.807, 2.05) is 79.0 Å². The Labute approximate surface area is 196 Å². The van der Waals surface area contributed by atoms with Crippen LogP contribution in [-0.4, -0.2) is 18.3 Å². The summed E-state index contributed by atoms with van der Waals surface area (Å²) in [4.78, 5) is 4.58. The molecule has 0 aliphatic carbocycles. The summed E-state index contributed by atoms with van der Waals surface area (Å²) in [7, 11) is 1.64. The Kier molecular flexibility index (Phi) is 7.04. The van der Waals surface area contributed by atoms with Crippen LogP contribution in [0.15, 0.2) is 77.2 Å². The van der Waals surface area contributed by atoms with Crippen molar-refractivity contribution in [1.82, 2.24) is 4.98 Å². The summed E-state index contributed by atoms with van der Waals surface area (Å²) in [5.41, 5.74) is 7.89. The Hall–Kier alpha value is -3.35. The molecule has 7 heteroatoms. The average Bonchev–Trinajstić information content (AvgIpc) is 3.28. The highest BCUT2D eigenvalue weighted by atomic mass is 35.5. The molecule has 0 bridgehead atoms. The van der Waals surface area contributed by atoms with Gasteiger partial charge in [-0.2, -0.15) is 5.10 Å². The normalized spacial score (nSPS) is 11.0. The third-order valence-electron chi connectivity index (χ3n) is 4.72. The van der Waals surface area contributed by atoms with Crippen molar-refractivity contribution in [3.8, 4) is 22.8 Å². The van der Waals surface area contributed by atoms with E-state index < -0.39 is 0 Å². The molecule has 32 heavy (non-hydrogen) atoms. The Bertz CT molecular complexity index is 1230. The lowest BCUT2D eigenvalue weighted by Crippen LogP contribution is -2.01. The van der Waals surface area contributed by atoms with E-state index in [4.69, 9.17) is 21.1 Å². The summed E-state index contributed by atoms with van der Waals surface area (Å²) in [5.74, 6) is 1.38. The summed E-state index contributed by atoms with van der Waals surface area (Å²) in [5, 5.41) is 7.65. The standard InChI is InChI=1S/C25H22ClN3O2S/c1-17-8-10-24(21(26)12-17)31-15-20-13-18(9-11-23(20)30-2)14-27-29-25-28-22(16-32-25)19-6-4-3-5-7-19/h3-14,16H,15H2,1-2H3,(H,28,29). The number of benzene rings is 3. The number of hydrazone groups is 1.